The molecule has 0 aliphatic rings. The summed E-state index contributed by atoms with van der Waals surface area (Å²) in [5.41, 5.74) is 2.57. The molecule has 0 bridgehead atoms. The maximum atomic E-state index is 12.5. The van der Waals surface area contributed by atoms with Gasteiger partial charge < -0.3 is 5.11 Å². The highest BCUT2D eigenvalue weighted by Crippen LogP contribution is 2.29. The van der Waals surface area contributed by atoms with Crippen molar-refractivity contribution < 1.29 is 18.3 Å². The van der Waals surface area contributed by atoms with Gasteiger partial charge in [0.25, 0.3) is 10.0 Å². The van der Waals surface area contributed by atoms with Gasteiger partial charge in [-0.2, -0.15) is 0 Å². The van der Waals surface area contributed by atoms with Crippen LogP contribution in [0.3, 0.4) is 0 Å². The first kappa shape index (κ1) is 15.5. The fraction of sp³-hybridized carbons (Fsp3) is 0.214. The third-order valence-corrected chi connectivity index (χ3v) is 5.79. The van der Waals surface area contributed by atoms with E-state index in [2.05, 4.69) is 4.72 Å². The maximum absolute atomic E-state index is 12.5. The Morgan fingerprint density at radius 3 is 2.48 bits per heavy atom. The second kappa shape index (κ2) is 5.50. The molecule has 2 rings (SSSR count). The molecule has 21 heavy (non-hydrogen) atoms. The minimum Gasteiger partial charge on any atom is -0.477 e. The Morgan fingerprint density at radius 1 is 1.19 bits per heavy atom. The van der Waals surface area contributed by atoms with Crippen LogP contribution in [-0.4, -0.2) is 19.5 Å². The summed E-state index contributed by atoms with van der Waals surface area (Å²) in [6.45, 7) is 5.23. The molecule has 5 nitrogen and oxygen atoms in total. The van der Waals surface area contributed by atoms with Crippen LogP contribution in [0, 0.1) is 20.8 Å². The minimum absolute atomic E-state index is 0.166. The van der Waals surface area contributed by atoms with Crippen LogP contribution in [0.4, 0.5) is 5.69 Å². The summed E-state index contributed by atoms with van der Waals surface area (Å²) in [4.78, 5) is 10.8. The van der Waals surface area contributed by atoms with Crippen molar-refractivity contribution in [3.05, 3.63) is 45.1 Å². The van der Waals surface area contributed by atoms with Gasteiger partial charge in [-0.25, -0.2) is 13.2 Å². The molecule has 0 aliphatic heterocycles. The van der Waals surface area contributed by atoms with Crippen molar-refractivity contribution >= 4 is 33.0 Å². The molecular weight excluding hydrogens is 310 g/mol. The summed E-state index contributed by atoms with van der Waals surface area (Å²) in [5, 5.41) is 10.7. The lowest BCUT2D eigenvalue weighted by Crippen LogP contribution is -2.17. The van der Waals surface area contributed by atoms with Crippen molar-refractivity contribution in [2.24, 2.45) is 0 Å². The van der Waals surface area contributed by atoms with Gasteiger partial charge in [0.05, 0.1) is 5.69 Å². The number of nitrogens with one attached hydrogen (secondary N) is 1. The van der Waals surface area contributed by atoms with E-state index in [9.17, 15) is 13.2 Å². The summed E-state index contributed by atoms with van der Waals surface area (Å²) >= 11 is 0.910. The molecule has 0 saturated heterocycles. The highest BCUT2D eigenvalue weighted by atomic mass is 32.2. The van der Waals surface area contributed by atoms with Crippen LogP contribution in [-0.2, 0) is 10.0 Å². The first-order valence-electron chi connectivity index (χ1n) is 6.14. The number of thiophene rings is 1. The third-order valence-electron chi connectivity index (χ3n) is 3.02. The van der Waals surface area contributed by atoms with Gasteiger partial charge >= 0.3 is 5.97 Å². The van der Waals surface area contributed by atoms with Crippen molar-refractivity contribution in [1.82, 2.24) is 0 Å². The highest BCUT2D eigenvalue weighted by Gasteiger charge is 2.27. The molecule has 0 fully saturated rings. The zero-order chi connectivity index (χ0) is 15.8. The molecule has 0 radical (unpaired) electrons. The van der Waals surface area contributed by atoms with Gasteiger partial charge in [0.2, 0.25) is 0 Å². The van der Waals surface area contributed by atoms with E-state index in [1.807, 2.05) is 19.1 Å². The number of carbonyl (C=O) groups is 1. The van der Waals surface area contributed by atoms with Crippen LogP contribution in [0.1, 0.15) is 26.4 Å². The molecule has 0 amide bonds. The molecule has 7 heteroatoms. The number of benzene rings is 1. The molecule has 1 aromatic carbocycles. The lowest BCUT2D eigenvalue weighted by Gasteiger charge is -2.12. The molecule has 112 valence electrons. The van der Waals surface area contributed by atoms with Gasteiger partial charge in [-0.3, -0.25) is 4.72 Å². The molecule has 2 aromatic rings. The van der Waals surface area contributed by atoms with Crippen LogP contribution >= 0.6 is 11.3 Å². The van der Waals surface area contributed by atoms with E-state index < -0.39 is 16.0 Å². The Bertz CT molecular complexity index is 806. The Labute approximate surface area is 127 Å². The van der Waals surface area contributed by atoms with Gasteiger partial charge in [0.15, 0.2) is 0 Å². The second-order valence-electron chi connectivity index (χ2n) is 4.81. The Kier molecular flexibility index (Phi) is 4.06. The molecule has 0 aliphatic carbocycles. The molecule has 1 heterocycles. The predicted octanol–water partition coefficient (Wildman–Crippen LogP) is 3.17. The quantitative estimate of drug-likeness (QED) is 0.904. The number of aryl methyl sites for hydroxylation is 3. The number of sulfonamides is 1. The topological polar surface area (TPSA) is 83.5 Å². The van der Waals surface area contributed by atoms with Crippen LogP contribution in [0.5, 0.6) is 0 Å². The van der Waals surface area contributed by atoms with E-state index in [1.165, 1.54) is 5.38 Å². The number of hydrogen-bond acceptors (Lipinski definition) is 4. The van der Waals surface area contributed by atoms with E-state index in [0.29, 0.717) is 11.3 Å². The summed E-state index contributed by atoms with van der Waals surface area (Å²) < 4.78 is 27.5. The average molecular weight is 325 g/mol. The summed E-state index contributed by atoms with van der Waals surface area (Å²) in [7, 11) is -3.94. The summed E-state index contributed by atoms with van der Waals surface area (Å²) in [5.74, 6) is -1.24. The van der Waals surface area contributed by atoms with E-state index in [4.69, 9.17) is 5.11 Å². The number of hydrogen-bond donors (Lipinski definition) is 2. The Balaban J connectivity index is 2.51. The van der Waals surface area contributed by atoms with Gasteiger partial charge in [0, 0.05) is 0 Å². The molecule has 0 atom stereocenters. The van der Waals surface area contributed by atoms with Crippen molar-refractivity contribution in [2.45, 2.75) is 25.7 Å². The van der Waals surface area contributed by atoms with Crippen LogP contribution in [0.2, 0.25) is 0 Å². The smallest absolute Gasteiger partial charge is 0.347 e. The summed E-state index contributed by atoms with van der Waals surface area (Å²) in [6, 6.07) is 5.41. The standard InChI is InChI=1S/C14H15NO4S2/c1-8-4-5-9(2)11(6-8)15-21(18,19)13-10(3)7-20-12(13)14(16)17/h4-7,15H,1-3H3,(H,16,17). The largest absolute Gasteiger partial charge is 0.477 e. The third kappa shape index (κ3) is 3.08. The van der Waals surface area contributed by atoms with Gasteiger partial charge in [-0.1, -0.05) is 12.1 Å². The Morgan fingerprint density at radius 2 is 1.86 bits per heavy atom. The Hall–Kier alpha value is -1.86. The zero-order valence-electron chi connectivity index (χ0n) is 11.8. The van der Waals surface area contributed by atoms with E-state index in [0.717, 1.165) is 22.5 Å². The lowest BCUT2D eigenvalue weighted by molar-refractivity contribution is 0.0698. The van der Waals surface area contributed by atoms with Crippen molar-refractivity contribution in [3.8, 4) is 0 Å². The first-order valence-corrected chi connectivity index (χ1v) is 8.50. The lowest BCUT2D eigenvalue weighted by atomic mass is 10.1. The van der Waals surface area contributed by atoms with E-state index >= 15 is 0 Å². The van der Waals surface area contributed by atoms with Gasteiger partial charge in [0.1, 0.15) is 9.77 Å². The predicted molar refractivity (Wildman–Crippen MR) is 82.7 cm³/mol. The number of anilines is 1. The van der Waals surface area contributed by atoms with Crippen molar-refractivity contribution in [3.63, 3.8) is 0 Å². The van der Waals surface area contributed by atoms with E-state index in [-0.39, 0.29) is 9.77 Å². The molecule has 1 aromatic heterocycles. The summed E-state index contributed by atoms with van der Waals surface area (Å²) in [6.07, 6.45) is 0. The molecule has 2 N–H and O–H groups in total. The van der Waals surface area contributed by atoms with Crippen LogP contribution in [0.25, 0.3) is 0 Å². The number of aromatic carboxylic acids is 1. The number of carboxylic acid groups (broad SMARTS) is 1. The monoisotopic (exact) mass is 325 g/mol. The number of rotatable bonds is 4. The van der Waals surface area contributed by atoms with Crippen LogP contribution < -0.4 is 4.72 Å². The van der Waals surface area contributed by atoms with Gasteiger partial charge in [-0.15, -0.1) is 11.3 Å². The average Bonchev–Trinajstić information content (AvgIpc) is 2.76. The second-order valence-corrected chi connectivity index (χ2v) is 7.30. The van der Waals surface area contributed by atoms with Gasteiger partial charge in [-0.05, 0) is 48.9 Å². The van der Waals surface area contributed by atoms with Crippen molar-refractivity contribution in [2.75, 3.05) is 4.72 Å². The number of carboxylic acids is 1. The first-order chi connectivity index (χ1) is 9.72. The fourth-order valence-corrected chi connectivity index (χ4v) is 4.71. The molecule has 0 spiro atoms. The maximum Gasteiger partial charge on any atom is 0.347 e. The van der Waals surface area contributed by atoms with Crippen LogP contribution in [0.15, 0.2) is 28.5 Å². The normalized spacial score (nSPS) is 11.4. The van der Waals surface area contributed by atoms with E-state index in [1.54, 1.807) is 19.9 Å². The van der Waals surface area contributed by atoms with Crippen molar-refractivity contribution in [1.29, 1.82) is 0 Å². The highest BCUT2D eigenvalue weighted by molar-refractivity contribution is 7.93. The fourth-order valence-electron chi connectivity index (χ4n) is 1.96. The molecule has 0 saturated carbocycles. The minimum atomic E-state index is -3.94. The zero-order valence-corrected chi connectivity index (χ0v) is 13.4. The molecular formula is C14H15NO4S2. The molecule has 0 unspecified atom stereocenters. The SMILES string of the molecule is Cc1ccc(C)c(NS(=O)(=O)c2c(C)csc2C(=O)O)c1.